The van der Waals surface area contributed by atoms with Crippen molar-refractivity contribution >= 4 is 34.8 Å². The van der Waals surface area contributed by atoms with Crippen LogP contribution in [0.3, 0.4) is 0 Å². The van der Waals surface area contributed by atoms with Gasteiger partial charge in [-0.05, 0) is 47.4 Å². The first-order valence-electron chi connectivity index (χ1n) is 9.62. The van der Waals surface area contributed by atoms with Crippen molar-refractivity contribution in [1.29, 1.82) is 0 Å². The van der Waals surface area contributed by atoms with Gasteiger partial charge in [-0.3, -0.25) is 4.79 Å². The minimum atomic E-state index is -1.97. The highest BCUT2D eigenvalue weighted by Crippen LogP contribution is 2.31. The van der Waals surface area contributed by atoms with Crippen molar-refractivity contribution in [2.24, 2.45) is 5.10 Å². The van der Waals surface area contributed by atoms with E-state index in [4.69, 9.17) is 23.2 Å². The fraction of sp³-hybridized carbons (Fsp3) is 0.167. The minimum absolute atomic E-state index is 0.374. The van der Waals surface area contributed by atoms with Gasteiger partial charge in [0, 0.05) is 10.0 Å². The van der Waals surface area contributed by atoms with Crippen molar-refractivity contribution in [3.63, 3.8) is 0 Å². The van der Waals surface area contributed by atoms with E-state index < -0.39 is 11.5 Å². The zero-order valence-corrected chi connectivity index (χ0v) is 18.0. The molecule has 0 saturated heterocycles. The summed E-state index contributed by atoms with van der Waals surface area (Å²) in [5, 5.41) is 16.9. The molecule has 2 N–H and O–H groups in total. The number of carbonyl (C=O) groups excluding carboxylic acids is 1. The largest absolute Gasteiger partial charge is 0.372 e. The maximum atomic E-state index is 13.2. The van der Waals surface area contributed by atoms with Crippen LogP contribution in [-0.4, -0.2) is 16.7 Å². The predicted octanol–water partition coefficient (Wildman–Crippen LogP) is 5.55. The molecule has 3 rings (SSSR count). The Hall–Kier alpha value is -2.66. The lowest BCUT2D eigenvalue weighted by molar-refractivity contribution is -0.136. The van der Waals surface area contributed by atoms with E-state index in [1.165, 1.54) is 0 Å². The number of rotatable bonds is 7. The summed E-state index contributed by atoms with van der Waals surface area (Å²) < 4.78 is 0. The van der Waals surface area contributed by atoms with Gasteiger partial charge in [0.25, 0.3) is 5.91 Å². The number of amides is 1. The van der Waals surface area contributed by atoms with Crippen molar-refractivity contribution in [3.05, 3.63) is 106 Å². The lowest BCUT2D eigenvalue weighted by Crippen LogP contribution is -2.44. The molecule has 6 heteroatoms. The first-order chi connectivity index (χ1) is 14.4. The Kier molecular flexibility index (Phi) is 7.27. The third-order valence-corrected chi connectivity index (χ3v) is 5.24. The number of aliphatic hydroxyl groups is 1. The molecule has 0 spiro atoms. The van der Waals surface area contributed by atoms with Gasteiger partial charge in [-0.25, -0.2) is 5.43 Å². The molecular weight excluding hydrogens is 419 g/mol. The molecule has 1 amide bonds. The second-order valence-corrected chi connectivity index (χ2v) is 7.71. The van der Waals surface area contributed by atoms with Crippen LogP contribution in [0.25, 0.3) is 0 Å². The summed E-state index contributed by atoms with van der Waals surface area (Å²) in [6.45, 7) is 2.04. The molecule has 4 nitrogen and oxygen atoms in total. The zero-order valence-electron chi connectivity index (χ0n) is 16.5. The molecule has 0 aliphatic rings. The van der Waals surface area contributed by atoms with E-state index in [0.717, 1.165) is 17.7 Å². The molecule has 0 radical (unpaired) electrons. The molecular formula is C24H22Cl2N2O2. The summed E-state index contributed by atoms with van der Waals surface area (Å²) in [5.41, 5.74) is 3.00. The maximum absolute atomic E-state index is 13.2. The third-order valence-electron chi connectivity index (χ3n) is 4.74. The predicted molar refractivity (Wildman–Crippen MR) is 122 cm³/mol. The smallest absolute Gasteiger partial charge is 0.281 e. The molecule has 0 heterocycles. The standard InChI is InChI=1S/C24H22Cl2N2O2/c1-2-6-22(17-7-4-3-5-8-17)27-28-23(29)24(30,18-9-13-20(25)14-10-18)19-11-15-21(26)16-12-19/h3-5,7-16,30H,2,6H2,1H3,(H,28,29)/b27-22+. The minimum Gasteiger partial charge on any atom is -0.372 e. The SMILES string of the molecule is CCC/C(=N\NC(=O)C(O)(c1ccc(Cl)cc1)c1ccc(Cl)cc1)c1ccccc1. The Morgan fingerprint density at radius 2 is 1.40 bits per heavy atom. The number of hydrogen-bond donors (Lipinski definition) is 2. The molecule has 3 aromatic carbocycles. The van der Waals surface area contributed by atoms with Gasteiger partial charge in [0.1, 0.15) is 0 Å². The molecule has 0 aromatic heterocycles. The highest BCUT2D eigenvalue weighted by molar-refractivity contribution is 6.30. The second-order valence-electron chi connectivity index (χ2n) is 6.84. The fourth-order valence-electron chi connectivity index (χ4n) is 3.14. The number of hydrazone groups is 1. The third kappa shape index (κ3) is 4.90. The number of nitrogens with zero attached hydrogens (tertiary/aromatic N) is 1. The molecule has 0 saturated carbocycles. The number of carbonyl (C=O) groups is 1. The first kappa shape index (κ1) is 22.0. The van der Waals surface area contributed by atoms with E-state index in [1.807, 2.05) is 37.3 Å². The van der Waals surface area contributed by atoms with Gasteiger partial charge in [-0.2, -0.15) is 5.10 Å². The topological polar surface area (TPSA) is 61.7 Å². The quantitative estimate of drug-likeness (QED) is 0.373. The molecule has 0 atom stereocenters. The van der Waals surface area contributed by atoms with Crippen LogP contribution < -0.4 is 5.43 Å². The van der Waals surface area contributed by atoms with Crippen LogP contribution in [0, 0.1) is 0 Å². The van der Waals surface area contributed by atoms with E-state index in [2.05, 4.69) is 10.5 Å². The van der Waals surface area contributed by atoms with Crippen LogP contribution >= 0.6 is 23.2 Å². The Morgan fingerprint density at radius 3 is 1.87 bits per heavy atom. The van der Waals surface area contributed by atoms with Gasteiger partial charge >= 0.3 is 0 Å². The number of nitrogens with one attached hydrogen (secondary N) is 1. The van der Waals surface area contributed by atoms with E-state index in [1.54, 1.807) is 48.5 Å². The van der Waals surface area contributed by atoms with Crippen LogP contribution in [0.4, 0.5) is 0 Å². The highest BCUT2D eigenvalue weighted by atomic mass is 35.5. The number of hydrogen-bond acceptors (Lipinski definition) is 3. The summed E-state index contributed by atoms with van der Waals surface area (Å²) in [4.78, 5) is 13.2. The fourth-order valence-corrected chi connectivity index (χ4v) is 3.39. The molecule has 3 aromatic rings. The van der Waals surface area contributed by atoms with Gasteiger partial charge in [0.05, 0.1) is 5.71 Å². The summed E-state index contributed by atoms with van der Waals surface area (Å²) in [6.07, 6.45) is 1.55. The summed E-state index contributed by atoms with van der Waals surface area (Å²) >= 11 is 12.0. The molecule has 0 fully saturated rings. The van der Waals surface area contributed by atoms with E-state index >= 15 is 0 Å². The molecule has 0 bridgehead atoms. The molecule has 0 aliphatic carbocycles. The average Bonchev–Trinajstić information content (AvgIpc) is 2.77. The van der Waals surface area contributed by atoms with E-state index in [-0.39, 0.29) is 0 Å². The lowest BCUT2D eigenvalue weighted by atomic mass is 9.85. The molecule has 0 unspecified atom stereocenters. The van der Waals surface area contributed by atoms with Crippen LogP contribution in [0.5, 0.6) is 0 Å². The van der Waals surface area contributed by atoms with Gasteiger partial charge in [0.15, 0.2) is 5.60 Å². The van der Waals surface area contributed by atoms with E-state index in [0.29, 0.717) is 27.6 Å². The van der Waals surface area contributed by atoms with Gasteiger partial charge < -0.3 is 5.11 Å². The van der Waals surface area contributed by atoms with Crippen LogP contribution in [-0.2, 0) is 10.4 Å². The van der Waals surface area contributed by atoms with Crippen molar-refractivity contribution in [3.8, 4) is 0 Å². The molecule has 30 heavy (non-hydrogen) atoms. The Balaban J connectivity index is 1.99. The number of halogens is 2. The average molecular weight is 441 g/mol. The summed E-state index contributed by atoms with van der Waals surface area (Å²) in [7, 11) is 0. The van der Waals surface area contributed by atoms with Crippen LogP contribution in [0.1, 0.15) is 36.5 Å². The number of benzene rings is 3. The van der Waals surface area contributed by atoms with Crippen molar-refractivity contribution in [2.75, 3.05) is 0 Å². The van der Waals surface area contributed by atoms with Crippen molar-refractivity contribution in [2.45, 2.75) is 25.4 Å². The first-order valence-corrected chi connectivity index (χ1v) is 10.4. The Morgan fingerprint density at radius 1 is 0.900 bits per heavy atom. The Labute approximate surface area is 186 Å². The van der Waals surface area contributed by atoms with Gasteiger partial charge in [0.2, 0.25) is 0 Å². The normalized spacial score (nSPS) is 11.9. The highest BCUT2D eigenvalue weighted by Gasteiger charge is 2.40. The summed E-state index contributed by atoms with van der Waals surface area (Å²) in [6, 6.07) is 22.6. The zero-order chi connectivity index (χ0) is 21.6. The monoisotopic (exact) mass is 440 g/mol. The van der Waals surface area contributed by atoms with Gasteiger partial charge in [-0.15, -0.1) is 0 Å². The van der Waals surface area contributed by atoms with Crippen molar-refractivity contribution in [1.82, 2.24) is 5.43 Å². The lowest BCUT2D eigenvalue weighted by Gasteiger charge is -2.27. The van der Waals surface area contributed by atoms with Crippen LogP contribution in [0.2, 0.25) is 10.0 Å². The molecule has 0 aliphatic heterocycles. The summed E-state index contributed by atoms with van der Waals surface area (Å²) in [5.74, 6) is -0.670. The van der Waals surface area contributed by atoms with Crippen LogP contribution in [0.15, 0.2) is 84.0 Å². The Bertz CT molecular complexity index is 972. The van der Waals surface area contributed by atoms with Gasteiger partial charge in [-0.1, -0.05) is 91.1 Å². The van der Waals surface area contributed by atoms with Crippen molar-refractivity contribution < 1.29 is 9.90 Å². The second kappa shape index (κ2) is 9.90. The van der Waals surface area contributed by atoms with E-state index in [9.17, 15) is 9.90 Å². The maximum Gasteiger partial charge on any atom is 0.281 e. The molecule has 154 valence electrons.